The van der Waals surface area contributed by atoms with E-state index < -0.39 is 49.5 Å². The predicted octanol–water partition coefficient (Wildman–Crippen LogP) is 16.1. The highest BCUT2D eigenvalue weighted by atomic mass is 16.7. The van der Waals surface area contributed by atoms with Crippen LogP contribution in [0.4, 0.5) is 0 Å². The molecular formula is C64H119NO8. The third-order valence-corrected chi connectivity index (χ3v) is 14.9. The molecule has 0 spiro atoms. The molecule has 1 heterocycles. The fourth-order valence-electron chi connectivity index (χ4n) is 9.91. The first kappa shape index (κ1) is 69.2. The van der Waals surface area contributed by atoms with Gasteiger partial charge in [-0.05, 0) is 64.2 Å². The van der Waals surface area contributed by atoms with E-state index in [2.05, 4.69) is 55.6 Å². The van der Waals surface area contributed by atoms with Gasteiger partial charge in [-0.15, -0.1) is 0 Å². The Bertz CT molecular complexity index is 1290. The van der Waals surface area contributed by atoms with Crippen molar-refractivity contribution in [1.29, 1.82) is 0 Å². The van der Waals surface area contributed by atoms with E-state index in [0.717, 1.165) is 44.9 Å². The van der Waals surface area contributed by atoms with Crippen LogP contribution in [0.3, 0.4) is 0 Å². The lowest BCUT2D eigenvalue weighted by molar-refractivity contribution is -0.302. The average molecular weight is 1030 g/mol. The van der Waals surface area contributed by atoms with Crippen molar-refractivity contribution in [2.45, 2.75) is 339 Å². The molecule has 1 amide bonds. The van der Waals surface area contributed by atoms with Crippen molar-refractivity contribution in [2.75, 3.05) is 13.2 Å². The second kappa shape index (κ2) is 53.5. The molecule has 0 aliphatic carbocycles. The van der Waals surface area contributed by atoms with Gasteiger partial charge in [0.1, 0.15) is 24.4 Å². The monoisotopic (exact) mass is 1030 g/mol. The third-order valence-electron chi connectivity index (χ3n) is 14.9. The smallest absolute Gasteiger partial charge is 0.220 e. The number of carbonyl (C=O) groups excluding carboxylic acids is 1. The number of unbranched alkanes of at least 4 members (excludes halogenated alkanes) is 38. The van der Waals surface area contributed by atoms with Crippen LogP contribution in [-0.2, 0) is 14.3 Å². The van der Waals surface area contributed by atoms with Crippen LogP contribution < -0.4 is 5.32 Å². The maximum atomic E-state index is 13.1. The van der Waals surface area contributed by atoms with Crippen LogP contribution in [0.2, 0.25) is 0 Å². The zero-order valence-electron chi connectivity index (χ0n) is 47.6. The normalized spacial score (nSPS) is 19.4. The summed E-state index contributed by atoms with van der Waals surface area (Å²) in [6.07, 6.45) is 64.8. The second-order valence-electron chi connectivity index (χ2n) is 21.8. The molecule has 0 saturated carbocycles. The Balaban J connectivity index is 2.17. The molecule has 9 heteroatoms. The van der Waals surface area contributed by atoms with Crippen molar-refractivity contribution in [3.63, 3.8) is 0 Å². The number of allylic oxidation sites excluding steroid dienone is 7. The number of aliphatic hydroxyl groups is 5. The molecule has 1 fully saturated rings. The molecule has 428 valence electrons. The molecule has 0 aromatic rings. The third kappa shape index (κ3) is 42.9. The molecule has 0 radical (unpaired) electrons. The van der Waals surface area contributed by atoms with Crippen molar-refractivity contribution in [2.24, 2.45) is 0 Å². The van der Waals surface area contributed by atoms with Crippen LogP contribution in [-0.4, -0.2) is 87.5 Å². The highest BCUT2D eigenvalue weighted by Crippen LogP contribution is 2.23. The molecular weight excluding hydrogens is 911 g/mol. The van der Waals surface area contributed by atoms with Crippen LogP contribution in [0, 0.1) is 0 Å². The van der Waals surface area contributed by atoms with Crippen LogP contribution in [0.5, 0.6) is 0 Å². The molecule has 1 aliphatic rings. The van der Waals surface area contributed by atoms with Crippen molar-refractivity contribution in [3.8, 4) is 0 Å². The maximum Gasteiger partial charge on any atom is 0.220 e. The Hall–Kier alpha value is -1.85. The highest BCUT2D eigenvalue weighted by molar-refractivity contribution is 5.76. The maximum absolute atomic E-state index is 13.1. The number of ether oxygens (including phenoxy) is 2. The zero-order chi connectivity index (χ0) is 52.9. The lowest BCUT2D eigenvalue weighted by atomic mass is 9.99. The summed E-state index contributed by atoms with van der Waals surface area (Å²) >= 11 is 0. The Morgan fingerprint density at radius 3 is 1.23 bits per heavy atom. The standard InChI is InChI=1S/C64H119NO8/c1-3-5-7-9-11-13-15-17-19-21-23-24-25-26-27-28-29-30-31-32-33-34-36-38-40-42-44-46-48-50-52-54-60(68)65-57(56-72-64-63(71)62(70)61(69)59(55-66)73-64)58(67)53-51-49-47-45-43-41-39-37-35-22-20-18-16-14-12-10-8-6-4-2/h23-24,26-27,43,45,51,53,57-59,61-64,66-67,69-71H,3-22,25,28-42,44,46-50,52,54-56H2,1-2H3,(H,65,68)/b24-23-,27-26-,45-43+,53-51+. The minimum absolute atomic E-state index is 0.184. The average Bonchev–Trinajstić information content (AvgIpc) is 3.39. The molecule has 7 unspecified atom stereocenters. The van der Waals surface area contributed by atoms with Gasteiger partial charge in [-0.1, -0.05) is 274 Å². The van der Waals surface area contributed by atoms with Crippen LogP contribution in [0.1, 0.15) is 296 Å². The van der Waals surface area contributed by atoms with Gasteiger partial charge in [0.05, 0.1) is 25.4 Å². The lowest BCUT2D eigenvalue weighted by Gasteiger charge is -2.40. The number of hydrogen-bond donors (Lipinski definition) is 6. The zero-order valence-corrected chi connectivity index (χ0v) is 47.6. The number of carbonyl (C=O) groups is 1. The van der Waals surface area contributed by atoms with Gasteiger partial charge in [0.25, 0.3) is 0 Å². The Kier molecular flexibility index (Phi) is 50.7. The van der Waals surface area contributed by atoms with Gasteiger partial charge >= 0.3 is 0 Å². The largest absolute Gasteiger partial charge is 0.394 e. The molecule has 1 saturated heterocycles. The molecule has 6 N–H and O–H groups in total. The summed E-state index contributed by atoms with van der Waals surface area (Å²) in [6, 6.07) is -0.823. The summed E-state index contributed by atoms with van der Waals surface area (Å²) in [5, 5.41) is 54.6. The molecule has 73 heavy (non-hydrogen) atoms. The quantitative estimate of drug-likeness (QED) is 0.0261. The van der Waals surface area contributed by atoms with Gasteiger partial charge in [-0.2, -0.15) is 0 Å². The molecule has 0 aromatic heterocycles. The molecule has 7 atom stereocenters. The summed E-state index contributed by atoms with van der Waals surface area (Å²) in [5.74, 6) is -0.184. The Morgan fingerprint density at radius 2 is 0.822 bits per heavy atom. The number of rotatable bonds is 54. The minimum Gasteiger partial charge on any atom is -0.394 e. The highest BCUT2D eigenvalue weighted by Gasteiger charge is 2.44. The van der Waals surface area contributed by atoms with Crippen LogP contribution in [0.25, 0.3) is 0 Å². The van der Waals surface area contributed by atoms with Crippen molar-refractivity contribution >= 4 is 5.91 Å². The van der Waals surface area contributed by atoms with Crippen molar-refractivity contribution < 1.29 is 39.8 Å². The summed E-state index contributed by atoms with van der Waals surface area (Å²) in [6.45, 7) is 3.79. The van der Waals surface area contributed by atoms with Gasteiger partial charge in [0.15, 0.2) is 6.29 Å². The molecule has 1 rings (SSSR count). The minimum atomic E-state index is -1.57. The first-order chi connectivity index (χ1) is 35.8. The van der Waals surface area contributed by atoms with E-state index in [9.17, 15) is 30.3 Å². The molecule has 0 aromatic carbocycles. The van der Waals surface area contributed by atoms with Gasteiger partial charge in [-0.25, -0.2) is 0 Å². The molecule has 1 aliphatic heterocycles. The van der Waals surface area contributed by atoms with E-state index in [0.29, 0.717) is 6.42 Å². The summed E-state index contributed by atoms with van der Waals surface area (Å²) in [4.78, 5) is 13.1. The van der Waals surface area contributed by atoms with E-state index in [1.807, 2.05) is 6.08 Å². The molecule has 0 bridgehead atoms. The van der Waals surface area contributed by atoms with E-state index in [1.54, 1.807) is 6.08 Å². The lowest BCUT2D eigenvalue weighted by Crippen LogP contribution is -2.60. The van der Waals surface area contributed by atoms with Crippen molar-refractivity contribution in [1.82, 2.24) is 5.32 Å². The van der Waals surface area contributed by atoms with Crippen LogP contribution in [0.15, 0.2) is 48.6 Å². The second-order valence-corrected chi connectivity index (χ2v) is 21.8. The number of nitrogens with one attached hydrogen (secondary N) is 1. The van der Waals surface area contributed by atoms with Gasteiger partial charge < -0.3 is 40.3 Å². The Morgan fingerprint density at radius 1 is 0.466 bits per heavy atom. The summed E-state index contributed by atoms with van der Waals surface area (Å²) in [5.41, 5.74) is 0. The number of hydrogen-bond acceptors (Lipinski definition) is 8. The van der Waals surface area contributed by atoms with E-state index in [1.165, 1.54) is 231 Å². The van der Waals surface area contributed by atoms with Gasteiger partial charge in [0, 0.05) is 6.42 Å². The molecule has 9 nitrogen and oxygen atoms in total. The van der Waals surface area contributed by atoms with Crippen molar-refractivity contribution in [3.05, 3.63) is 48.6 Å². The van der Waals surface area contributed by atoms with Gasteiger partial charge in [0.2, 0.25) is 5.91 Å². The Labute approximate surface area is 450 Å². The van der Waals surface area contributed by atoms with Crippen LogP contribution >= 0.6 is 0 Å². The topological polar surface area (TPSA) is 149 Å². The number of amides is 1. The fourth-order valence-corrected chi connectivity index (χ4v) is 9.91. The number of aliphatic hydroxyl groups excluding tert-OH is 5. The fraction of sp³-hybridized carbons (Fsp3) is 0.859. The SMILES string of the molecule is CCCCCCCCCCC/C=C\C/C=C\CCCCCCCCCCCCCCCCCC(=O)NC(COC1OC(CO)C(O)C(O)C1O)C(O)/C=C/CC/C=C/CCCCCCCCCCCCCCC. The van der Waals surface area contributed by atoms with E-state index >= 15 is 0 Å². The van der Waals surface area contributed by atoms with E-state index in [4.69, 9.17) is 9.47 Å². The summed E-state index contributed by atoms with van der Waals surface area (Å²) in [7, 11) is 0. The predicted molar refractivity (Wildman–Crippen MR) is 309 cm³/mol. The first-order valence-corrected chi connectivity index (χ1v) is 31.4. The summed E-state index contributed by atoms with van der Waals surface area (Å²) < 4.78 is 11.3. The first-order valence-electron chi connectivity index (χ1n) is 31.4. The van der Waals surface area contributed by atoms with E-state index in [-0.39, 0.29) is 12.5 Å². The van der Waals surface area contributed by atoms with Gasteiger partial charge in [-0.3, -0.25) is 4.79 Å².